The Hall–Kier alpha value is -0.780. The summed E-state index contributed by atoms with van der Waals surface area (Å²) in [4.78, 5) is 9.30. The van der Waals surface area contributed by atoms with Gasteiger partial charge in [0, 0.05) is 0 Å². The molecule has 0 heterocycles. The fraction of sp³-hybridized carbons (Fsp3) is 0.500. The van der Waals surface area contributed by atoms with Crippen LogP contribution in [0.5, 0.6) is 0 Å². The average molecular weight is 133 g/mol. The molecule has 0 unspecified atom stereocenters. The van der Waals surface area contributed by atoms with E-state index >= 15 is 0 Å². The Kier molecular flexibility index (Phi) is 2.26. The topological polar surface area (TPSA) is 68.8 Å². The molecule has 3 N–H and O–H groups in total. The van der Waals surface area contributed by atoms with Crippen molar-refractivity contribution in [2.45, 2.75) is 6.18 Å². The van der Waals surface area contributed by atoms with Crippen molar-refractivity contribution < 1.29 is 28.6 Å². The minimum Gasteiger partial charge on any atom is -0.475 e. The van der Waals surface area contributed by atoms with Crippen LogP contribution in [0.2, 0.25) is 0 Å². The van der Waals surface area contributed by atoms with Crippen molar-refractivity contribution in [2.24, 2.45) is 0 Å². The summed E-state index contributed by atoms with van der Waals surface area (Å²) in [6, 6.07) is 0. The number of carboxylic acid groups (broad SMARTS) is 1. The zero-order valence-corrected chi connectivity index (χ0v) is 3.45. The number of rotatable bonds is 0. The molecule has 3 nitrogen and oxygen atoms in total. The predicted molar refractivity (Wildman–Crippen MR) is 17.3 cm³/mol. The van der Waals surface area contributed by atoms with Crippen LogP contribution >= 0.6 is 0 Å². The molecular weight excluding hydrogens is 129 g/mol. The lowest BCUT2D eigenvalue weighted by Crippen LogP contribution is -2.21. The van der Waals surface area contributed by atoms with E-state index in [1.54, 1.807) is 0 Å². The lowest BCUT2D eigenvalue weighted by molar-refractivity contribution is -0.192. The molecule has 0 rings (SSSR count). The van der Waals surface area contributed by atoms with Gasteiger partial charge in [0.05, 0.1) is 0 Å². The molecule has 0 atom stereocenters. The number of alkyl halides is 3. The fourth-order valence-corrected chi connectivity index (χ4v) is 0. The van der Waals surface area contributed by atoms with Crippen LogP contribution in [0, 0.1) is 0 Å². The Morgan fingerprint density at radius 3 is 2.00 bits per heavy atom. The van der Waals surface area contributed by atoms with Gasteiger partial charge in [0.2, 0.25) is 0 Å². The van der Waals surface area contributed by atoms with Crippen molar-refractivity contribution >= 4 is 5.97 Å². The molecule has 50 valence electrons. The number of halogens is 3. The van der Waals surface area contributed by atoms with E-state index in [4.69, 9.17) is 1.43 Å². The maximum absolute atomic E-state index is 10.9. The third-order valence-corrected chi connectivity index (χ3v) is 0.231. The summed E-state index contributed by atoms with van der Waals surface area (Å²) in [5.74, 6) is -2.50. The molecule has 0 aromatic rings. The second-order valence-electron chi connectivity index (χ2n) is 0.785. The van der Waals surface area contributed by atoms with Crippen LogP contribution in [0.25, 0.3) is 1.43 Å². The molecule has 0 aromatic carbocycles. The Labute approximate surface area is 43.5 Å². The van der Waals surface area contributed by atoms with Gasteiger partial charge in [0.1, 0.15) is 0 Å². The fourth-order valence-electron chi connectivity index (χ4n) is 0. The summed E-state index contributed by atoms with van der Waals surface area (Å²) in [5, 5.41) is 2.60. The number of aliphatic carboxylic acids is 1. The van der Waals surface area contributed by atoms with Gasteiger partial charge in [0.25, 0.3) is 1.43 Å². The van der Waals surface area contributed by atoms with Crippen molar-refractivity contribution in [3.05, 3.63) is 0 Å². The standard InChI is InChI=1S/C2HF3O2.H2O/c3-2(4,5)1(6)7;/h(H,6,7);1H2/i/hD. The number of hydrogen-bond acceptors (Lipinski definition) is 2. The van der Waals surface area contributed by atoms with Gasteiger partial charge >= 0.3 is 12.1 Å². The van der Waals surface area contributed by atoms with E-state index in [2.05, 4.69) is 5.11 Å². The van der Waals surface area contributed by atoms with E-state index in [0.717, 1.165) is 0 Å². The first-order valence-corrected chi connectivity index (χ1v) is 1.23. The minimum atomic E-state index is -5.04. The van der Waals surface area contributed by atoms with Crippen molar-refractivity contribution in [3.8, 4) is 0 Å². The van der Waals surface area contributed by atoms with Gasteiger partial charge in [-0.1, -0.05) is 0 Å². The lowest BCUT2D eigenvalue weighted by Gasteiger charge is -1.93. The lowest BCUT2D eigenvalue weighted by atomic mass is 10.7. The summed E-state index contributed by atoms with van der Waals surface area (Å²) in [7, 11) is 0. The summed E-state index contributed by atoms with van der Waals surface area (Å²) >= 11 is 0. The third kappa shape index (κ3) is 3.41. The van der Waals surface area contributed by atoms with E-state index in [9.17, 15) is 18.0 Å². The summed E-state index contributed by atoms with van der Waals surface area (Å²) in [6.45, 7) is 0. The molecular formula is C2H3F3O3. The van der Waals surface area contributed by atoms with Crippen LogP contribution in [0.3, 0.4) is 0 Å². The molecule has 0 fully saturated rings. The van der Waals surface area contributed by atoms with Gasteiger partial charge in [-0.25, -0.2) is 4.79 Å². The molecule has 0 radical (unpaired) electrons. The maximum atomic E-state index is 10.9. The highest BCUT2D eigenvalue weighted by Gasteiger charge is 2.38. The highest BCUT2D eigenvalue weighted by molar-refractivity contribution is 5.73. The second kappa shape index (κ2) is 2.51. The summed E-state index contributed by atoms with van der Waals surface area (Å²) in [6.07, 6.45) is -5.04. The van der Waals surface area contributed by atoms with Gasteiger partial charge in [0.15, 0.2) is 0 Å². The SMILES string of the molecule is O.[2H]OC(=O)C(F)(F)F. The third-order valence-electron chi connectivity index (χ3n) is 0.231. The molecule has 0 bridgehead atoms. The average Bonchev–Trinajstić information content (AvgIpc) is 1.62. The van der Waals surface area contributed by atoms with Crippen molar-refractivity contribution in [2.75, 3.05) is 0 Å². The highest BCUT2D eigenvalue weighted by Crippen LogP contribution is 2.13. The molecule has 0 saturated heterocycles. The first kappa shape index (κ1) is 7.22. The molecule has 8 heavy (non-hydrogen) atoms. The Bertz CT molecular complexity index is 99.7. The molecule has 0 aliphatic heterocycles. The van der Waals surface area contributed by atoms with Crippen LogP contribution in [0.1, 0.15) is 0 Å². The van der Waals surface area contributed by atoms with Crippen molar-refractivity contribution in [1.29, 1.82) is 1.43 Å². The molecule has 6 heteroatoms. The van der Waals surface area contributed by atoms with Crippen molar-refractivity contribution in [1.82, 2.24) is 0 Å². The van der Waals surface area contributed by atoms with Crippen LogP contribution in [0.4, 0.5) is 13.2 Å². The Morgan fingerprint density at radius 1 is 1.62 bits per heavy atom. The first-order chi connectivity index (χ1) is 3.48. The van der Waals surface area contributed by atoms with E-state index in [0.29, 0.717) is 0 Å². The molecule has 0 aliphatic carbocycles. The molecule has 0 saturated carbocycles. The smallest absolute Gasteiger partial charge is 0.475 e. The van der Waals surface area contributed by atoms with Crippen LogP contribution in [-0.2, 0) is 4.79 Å². The zero-order valence-electron chi connectivity index (χ0n) is 4.45. The molecule has 0 spiro atoms. The molecule has 0 amide bonds. The van der Waals surface area contributed by atoms with Crippen molar-refractivity contribution in [3.63, 3.8) is 0 Å². The molecule has 0 aliphatic rings. The van der Waals surface area contributed by atoms with E-state index < -0.39 is 12.1 Å². The van der Waals surface area contributed by atoms with Gasteiger partial charge in [-0.3, -0.25) is 0 Å². The van der Waals surface area contributed by atoms with E-state index in [-0.39, 0.29) is 5.48 Å². The second-order valence-corrected chi connectivity index (χ2v) is 0.785. The highest BCUT2D eigenvalue weighted by atomic mass is 19.4. The first-order valence-electron chi connectivity index (χ1n) is 1.63. The quantitative estimate of drug-likeness (QED) is 0.497. The minimum absolute atomic E-state index is 0. The zero-order chi connectivity index (χ0) is 6.78. The summed E-state index contributed by atoms with van der Waals surface area (Å²) < 4.78 is 38.1. The van der Waals surface area contributed by atoms with Gasteiger partial charge in [-0.05, 0) is 0 Å². The number of hydrogen-bond donors (Lipinski definition) is 1. The van der Waals surface area contributed by atoms with Gasteiger partial charge in [-0.2, -0.15) is 13.2 Å². The number of carboxylic acids is 1. The molecule has 0 aromatic heterocycles. The van der Waals surface area contributed by atoms with Crippen LogP contribution < -0.4 is 0 Å². The van der Waals surface area contributed by atoms with Crippen LogP contribution in [0.15, 0.2) is 0 Å². The predicted octanol–water partition coefficient (Wildman–Crippen LogP) is -0.191. The summed E-state index contributed by atoms with van der Waals surface area (Å²) in [5.41, 5.74) is 0. The Balaban J connectivity index is 0. The van der Waals surface area contributed by atoms with Gasteiger partial charge < -0.3 is 10.6 Å². The maximum Gasteiger partial charge on any atom is 0.490 e. The van der Waals surface area contributed by atoms with Gasteiger partial charge in [-0.15, -0.1) is 0 Å². The largest absolute Gasteiger partial charge is 0.490 e. The van der Waals surface area contributed by atoms with E-state index in [1.165, 1.54) is 0 Å². The van der Waals surface area contributed by atoms with Crippen LogP contribution in [-0.4, -0.2) is 22.7 Å². The van der Waals surface area contributed by atoms with E-state index in [1.807, 2.05) is 0 Å². The monoisotopic (exact) mass is 133 g/mol. The Morgan fingerprint density at radius 2 is 2.00 bits per heavy atom. The normalized spacial score (nSPS) is 11.1. The number of carbonyl (C=O) groups is 1.